The quantitative estimate of drug-likeness (QED) is 0.0665. The third-order valence-electron chi connectivity index (χ3n) is 12.2. The molecule has 0 amide bonds. The smallest absolute Gasteiger partial charge is 0.262 e. The third-order valence-corrected chi connectivity index (χ3v) is 14.4. The normalized spacial score (nSPS) is 15.4. The standard InChI is InChI=1S/C55H56N3O2S2/c59-35-17-3-1-15-33-56-49-37-43-19-11-13-21-45(43)39-51(49)61-53(56)31-29-41-27-28-42(55(41)58(47-23-7-5-8-24-47)48-25-9-6-10-26-48)30-32-54-57(34-16-2-4-18-36-60)50-38-44-20-12-14-22-46(44)40-52(50)62-54/h5-14,19-26,29-32,37-40,59-60H,1-4,15-18,27-28,33-36H2/q+1. The number of para-hydroxylation sites is 2. The van der Waals surface area contributed by atoms with Crippen LogP contribution in [0.2, 0.25) is 0 Å². The number of aliphatic hydroxyl groups is 2. The number of unbranched alkanes of at least 4 members (excludes halogenated alkanes) is 6. The highest BCUT2D eigenvalue weighted by Crippen LogP contribution is 2.49. The van der Waals surface area contributed by atoms with Gasteiger partial charge in [0.05, 0.1) is 16.4 Å². The van der Waals surface area contributed by atoms with E-state index in [-0.39, 0.29) is 13.2 Å². The Labute approximate surface area is 374 Å². The molecule has 6 aromatic carbocycles. The number of fused-ring (bicyclic) bond motifs is 4. The molecule has 7 aromatic rings. The second-order valence-electron chi connectivity index (χ2n) is 16.4. The fraction of sp³-hybridized carbons (Fsp3) is 0.255. The van der Waals surface area contributed by atoms with Gasteiger partial charge in [-0.3, -0.25) is 0 Å². The molecule has 9 rings (SSSR count). The van der Waals surface area contributed by atoms with Crippen molar-refractivity contribution < 1.29 is 14.8 Å². The van der Waals surface area contributed by atoms with E-state index in [2.05, 4.69) is 172 Å². The Morgan fingerprint density at radius 1 is 0.597 bits per heavy atom. The average molecular weight is 855 g/mol. The molecule has 62 heavy (non-hydrogen) atoms. The molecular formula is C55H56N3O2S2+. The van der Waals surface area contributed by atoms with Crippen LogP contribution in [0.25, 0.3) is 37.8 Å². The molecule has 0 spiro atoms. The summed E-state index contributed by atoms with van der Waals surface area (Å²) < 4.78 is 3.84. The molecule has 5 nitrogen and oxygen atoms in total. The summed E-state index contributed by atoms with van der Waals surface area (Å²) in [5.41, 5.74) is 8.78. The zero-order valence-corrected chi connectivity index (χ0v) is 37.1. The lowest BCUT2D eigenvalue weighted by Crippen LogP contribution is -2.35. The van der Waals surface area contributed by atoms with Gasteiger partial charge in [0, 0.05) is 54.6 Å². The van der Waals surface area contributed by atoms with Crippen molar-refractivity contribution in [2.45, 2.75) is 75.6 Å². The minimum absolute atomic E-state index is 0.261. The first-order valence-electron chi connectivity index (χ1n) is 22.5. The number of rotatable bonds is 18. The lowest BCUT2D eigenvalue weighted by molar-refractivity contribution is -0.669. The van der Waals surface area contributed by atoms with Crippen LogP contribution < -0.4 is 14.4 Å². The summed E-state index contributed by atoms with van der Waals surface area (Å²) in [5, 5.41) is 26.5. The summed E-state index contributed by atoms with van der Waals surface area (Å²) in [6.45, 7) is 2.41. The van der Waals surface area contributed by atoms with Crippen molar-refractivity contribution in [3.05, 3.63) is 179 Å². The van der Waals surface area contributed by atoms with Gasteiger partial charge < -0.3 is 20.0 Å². The summed E-state index contributed by atoms with van der Waals surface area (Å²) in [6, 6.07) is 48.5. The highest BCUT2D eigenvalue weighted by Gasteiger charge is 2.29. The van der Waals surface area contributed by atoms with Crippen LogP contribution >= 0.6 is 23.1 Å². The van der Waals surface area contributed by atoms with E-state index in [0.717, 1.165) is 88.7 Å². The van der Waals surface area contributed by atoms with Crippen molar-refractivity contribution in [1.29, 1.82) is 0 Å². The van der Waals surface area contributed by atoms with Gasteiger partial charge in [0.1, 0.15) is 4.70 Å². The topological polar surface area (TPSA) is 50.8 Å². The Morgan fingerprint density at radius 2 is 1.19 bits per heavy atom. The number of aliphatic hydroxyl groups excluding tert-OH is 2. The van der Waals surface area contributed by atoms with E-state index < -0.39 is 0 Å². The summed E-state index contributed by atoms with van der Waals surface area (Å²) in [4.78, 5) is 6.30. The number of allylic oxidation sites excluding steroid dienone is 5. The minimum atomic E-state index is 0.261. The largest absolute Gasteiger partial charge is 0.396 e. The summed E-state index contributed by atoms with van der Waals surface area (Å²) >= 11 is 3.76. The van der Waals surface area contributed by atoms with Gasteiger partial charge in [-0.05, 0) is 126 Å². The van der Waals surface area contributed by atoms with Crippen molar-refractivity contribution in [2.75, 3.05) is 29.6 Å². The molecule has 2 heterocycles. The lowest BCUT2D eigenvalue weighted by atomic mass is 10.1. The molecule has 0 unspecified atom stereocenters. The van der Waals surface area contributed by atoms with E-state index >= 15 is 0 Å². The van der Waals surface area contributed by atoms with Crippen LogP contribution in [0.5, 0.6) is 0 Å². The van der Waals surface area contributed by atoms with Crippen molar-refractivity contribution in [1.82, 2.24) is 0 Å². The van der Waals surface area contributed by atoms with Crippen LogP contribution in [-0.4, -0.2) is 30.0 Å². The minimum Gasteiger partial charge on any atom is -0.396 e. The van der Waals surface area contributed by atoms with Gasteiger partial charge in [0.25, 0.3) is 5.01 Å². The third kappa shape index (κ3) is 9.32. The molecule has 0 radical (unpaired) electrons. The maximum absolute atomic E-state index is 9.42. The molecule has 0 bridgehead atoms. The highest BCUT2D eigenvalue weighted by molar-refractivity contribution is 8.03. The van der Waals surface area contributed by atoms with Gasteiger partial charge in [-0.15, -0.1) is 0 Å². The van der Waals surface area contributed by atoms with Crippen LogP contribution in [0.3, 0.4) is 0 Å². The number of aromatic nitrogens is 1. The molecular weight excluding hydrogens is 799 g/mol. The number of anilines is 3. The molecule has 2 N–H and O–H groups in total. The molecule has 2 aliphatic rings. The Balaban J connectivity index is 1.13. The first kappa shape index (κ1) is 41.9. The fourth-order valence-electron chi connectivity index (χ4n) is 8.98. The van der Waals surface area contributed by atoms with Gasteiger partial charge in [-0.25, -0.2) is 0 Å². The second-order valence-corrected chi connectivity index (χ2v) is 18.5. The van der Waals surface area contributed by atoms with Gasteiger partial charge in [0.15, 0.2) is 6.54 Å². The Kier molecular flexibility index (Phi) is 13.6. The van der Waals surface area contributed by atoms with E-state index in [1.807, 2.05) is 23.1 Å². The first-order chi connectivity index (χ1) is 30.7. The number of aryl methyl sites for hydroxylation is 1. The maximum atomic E-state index is 9.42. The molecule has 0 atom stereocenters. The Hall–Kier alpha value is -5.44. The van der Waals surface area contributed by atoms with Crippen LogP contribution in [0.15, 0.2) is 178 Å². The lowest BCUT2D eigenvalue weighted by Gasteiger charge is -2.28. The zero-order chi connectivity index (χ0) is 42.1. The predicted molar refractivity (Wildman–Crippen MR) is 264 cm³/mol. The van der Waals surface area contributed by atoms with Crippen molar-refractivity contribution >= 4 is 78.0 Å². The van der Waals surface area contributed by atoms with Gasteiger partial charge >= 0.3 is 0 Å². The molecule has 1 aliphatic heterocycles. The van der Waals surface area contributed by atoms with Gasteiger partial charge in [0.2, 0.25) is 5.52 Å². The molecule has 1 aromatic heterocycles. The van der Waals surface area contributed by atoms with Crippen molar-refractivity contribution in [3.8, 4) is 0 Å². The van der Waals surface area contributed by atoms with E-state index in [1.165, 1.54) is 69.2 Å². The number of hydrogen-bond acceptors (Lipinski definition) is 6. The summed E-state index contributed by atoms with van der Waals surface area (Å²) in [7, 11) is 0. The van der Waals surface area contributed by atoms with E-state index in [0.29, 0.717) is 0 Å². The summed E-state index contributed by atoms with van der Waals surface area (Å²) in [5.74, 6) is 0. The van der Waals surface area contributed by atoms with Crippen molar-refractivity contribution in [3.63, 3.8) is 0 Å². The van der Waals surface area contributed by atoms with Gasteiger partial charge in [-0.2, -0.15) is 4.57 Å². The SMILES string of the molecule is OCCCCCCN1C(=CC=C2CCC(C=Cc3sc4cc5ccccc5cc4[n+]3CCCCCCO)=C2N(c2ccccc2)c2ccccc2)Sc2cc3ccccc3cc21. The van der Waals surface area contributed by atoms with Crippen LogP contribution in [0.1, 0.15) is 69.2 Å². The second kappa shape index (κ2) is 20.2. The van der Waals surface area contributed by atoms with Gasteiger partial charge in [-0.1, -0.05) is 133 Å². The Bertz CT molecular complexity index is 2730. The molecule has 7 heteroatoms. The fourth-order valence-corrected chi connectivity index (χ4v) is 11.2. The highest BCUT2D eigenvalue weighted by atomic mass is 32.2. The number of benzene rings is 6. The van der Waals surface area contributed by atoms with E-state index in [4.69, 9.17) is 0 Å². The number of hydrogen-bond donors (Lipinski definition) is 2. The number of nitrogens with zero attached hydrogens (tertiary/aromatic N) is 3. The van der Waals surface area contributed by atoms with Crippen LogP contribution in [0.4, 0.5) is 17.1 Å². The number of thiazole rings is 1. The monoisotopic (exact) mass is 854 g/mol. The van der Waals surface area contributed by atoms with Crippen LogP contribution in [0, 0.1) is 0 Å². The average Bonchev–Trinajstić information content (AvgIpc) is 3.98. The molecule has 1 aliphatic carbocycles. The molecule has 0 saturated carbocycles. The maximum Gasteiger partial charge on any atom is 0.262 e. The zero-order valence-electron chi connectivity index (χ0n) is 35.5. The van der Waals surface area contributed by atoms with Crippen molar-refractivity contribution in [2.24, 2.45) is 0 Å². The van der Waals surface area contributed by atoms with Crippen LogP contribution in [-0.2, 0) is 6.54 Å². The predicted octanol–water partition coefficient (Wildman–Crippen LogP) is 13.9. The number of thioether (sulfide) groups is 1. The van der Waals surface area contributed by atoms with E-state index in [9.17, 15) is 10.2 Å². The molecule has 314 valence electrons. The molecule has 0 fully saturated rings. The van der Waals surface area contributed by atoms with E-state index in [1.54, 1.807) is 0 Å². The molecule has 0 saturated heterocycles. The summed E-state index contributed by atoms with van der Waals surface area (Å²) in [6.07, 6.45) is 19.6. The first-order valence-corrected chi connectivity index (χ1v) is 24.1. The Morgan fingerprint density at radius 3 is 1.87 bits per heavy atom.